The highest BCUT2D eigenvalue weighted by atomic mass is 16.4. The van der Waals surface area contributed by atoms with Crippen molar-refractivity contribution >= 4 is 5.97 Å². The van der Waals surface area contributed by atoms with Crippen molar-refractivity contribution in [2.24, 2.45) is 11.8 Å². The van der Waals surface area contributed by atoms with Gasteiger partial charge in [-0.15, -0.1) is 0 Å². The van der Waals surface area contributed by atoms with Crippen LogP contribution in [0.1, 0.15) is 27.2 Å². The summed E-state index contributed by atoms with van der Waals surface area (Å²) in [6, 6.07) is 0. The van der Waals surface area contributed by atoms with Crippen molar-refractivity contribution in [3.63, 3.8) is 0 Å². The molecule has 0 aliphatic rings. The number of hydrogen-bond donors (Lipinski definition) is 1. The zero-order valence-electron chi connectivity index (χ0n) is 7.42. The van der Waals surface area contributed by atoms with Crippen LogP contribution in [-0.4, -0.2) is 11.1 Å². The second-order valence-electron chi connectivity index (χ2n) is 2.99. The predicted octanol–water partition coefficient (Wildman–Crippen LogP) is 2.31. The number of aliphatic carboxylic acids is 1. The van der Waals surface area contributed by atoms with Gasteiger partial charge < -0.3 is 5.11 Å². The van der Waals surface area contributed by atoms with E-state index >= 15 is 0 Å². The van der Waals surface area contributed by atoms with E-state index in [1.54, 1.807) is 0 Å². The van der Waals surface area contributed by atoms with Crippen LogP contribution in [0.3, 0.4) is 0 Å². The van der Waals surface area contributed by atoms with E-state index in [1.165, 1.54) is 0 Å². The Morgan fingerprint density at radius 2 is 2.09 bits per heavy atom. The van der Waals surface area contributed by atoms with Gasteiger partial charge in [-0.1, -0.05) is 26.0 Å². The summed E-state index contributed by atoms with van der Waals surface area (Å²) in [4.78, 5) is 10.6. The molecule has 64 valence electrons. The lowest BCUT2D eigenvalue weighted by Gasteiger charge is -2.18. The lowest BCUT2D eigenvalue weighted by atomic mass is 9.87. The summed E-state index contributed by atoms with van der Waals surface area (Å²) >= 11 is 0. The van der Waals surface area contributed by atoms with Gasteiger partial charge in [-0.25, -0.2) is 0 Å². The molecule has 0 fully saturated rings. The summed E-state index contributed by atoms with van der Waals surface area (Å²) in [5.74, 6) is -0.909. The summed E-state index contributed by atoms with van der Waals surface area (Å²) in [6.45, 7) is 9.41. The van der Waals surface area contributed by atoms with Gasteiger partial charge in [0.2, 0.25) is 0 Å². The number of hydrogen-bond acceptors (Lipinski definition) is 1. The quantitative estimate of drug-likeness (QED) is 0.634. The molecule has 0 aromatic rings. The molecule has 0 aromatic heterocycles. The molecule has 2 atom stereocenters. The van der Waals surface area contributed by atoms with Gasteiger partial charge in [-0.2, -0.15) is 0 Å². The molecule has 0 unspecified atom stereocenters. The summed E-state index contributed by atoms with van der Waals surface area (Å²) in [5.41, 5.74) is 0.944. The first-order chi connectivity index (χ1) is 5.00. The van der Waals surface area contributed by atoms with Crippen LogP contribution in [-0.2, 0) is 4.79 Å². The highest BCUT2D eigenvalue weighted by molar-refractivity contribution is 5.70. The molecule has 0 saturated heterocycles. The molecule has 0 heterocycles. The highest BCUT2D eigenvalue weighted by Crippen LogP contribution is 2.21. The standard InChI is InChI=1S/C9H16O2/c1-5-8(9(10)11)7(4)6(2)3/h7-8H,2,5H2,1,3-4H3,(H,10,11)/t7-,8-/m0/s1. The van der Waals surface area contributed by atoms with Crippen LogP contribution in [0.5, 0.6) is 0 Å². The van der Waals surface area contributed by atoms with E-state index in [-0.39, 0.29) is 11.8 Å². The lowest BCUT2D eigenvalue weighted by molar-refractivity contribution is -0.143. The monoisotopic (exact) mass is 156 g/mol. The first kappa shape index (κ1) is 10.2. The third kappa shape index (κ3) is 2.74. The maximum absolute atomic E-state index is 10.6. The Morgan fingerprint density at radius 1 is 1.64 bits per heavy atom. The van der Waals surface area contributed by atoms with Crippen LogP contribution in [0.4, 0.5) is 0 Å². The minimum absolute atomic E-state index is 0.0810. The fourth-order valence-electron chi connectivity index (χ4n) is 1.09. The Kier molecular flexibility index (Phi) is 3.86. The third-order valence-corrected chi connectivity index (χ3v) is 2.14. The first-order valence-corrected chi connectivity index (χ1v) is 3.88. The van der Waals surface area contributed by atoms with Crippen LogP contribution < -0.4 is 0 Å². The molecule has 11 heavy (non-hydrogen) atoms. The van der Waals surface area contributed by atoms with Crippen LogP contribution in [0.25, 0.3) is 0 Å². The topological polar surface area (TPSA) is 37.3 Å². The summed E-state index contributed by atoms with van der Waals surface area (Å²) in [5, 5.41) is 8.75. The molecule has 0 aliphatic carbocycles. The van der Waals surface area contributed by atoms with Gasteiger partial charge in [-0.3, -0.25) is 4.79 Å². The van der Waals surface area contributed by atoms with Gasteiger partial charge in [0.1, 0.15) is 0 Å². The van der Waals surface area contributed by atoms with E-state index in [2.05, 4.69) is 6.58 Å². The van der Waals surface area contributed by atoms with E-state index < -0.39 is 5.97 Å². The molecule has 0 saturated carbocycles. The number of carbonyl (C=O) groups is 1. The summed E-state index contributed by atoms with van der Waals surface area (Å²) < 4.78 is 0. The molecule has 2 nitrogen and oxygen atoms in total. The largest absolute Gasteiger partial charge is 0.481 e. The van der Waals surface area contributed by atoms with E-state index in [0.29, 0.717) is 6.42 Å². The van der Waals surface area contributed by atoms with Crippen molar-refractivity contribution < 1.29 is 9.90 Å². The predicted molar refractivity (Wildman–Crippen MR) is 45.4 cm³/mol. The van der Waals surface area contributed by atoms with E-state index in [9.17, 15) is 4.79 Å². The van der Waals surface area contributed by atoms with Gasteiger partial charge in [0.25, 0.3) is 0 Å². The second-order valence-corrected chi connectivity index (χ2v) is 2.99. The third-order valence-electron chi connectivity index (χ3n) is 2.14. The Hall–Kier alpha value is -0.790. The lowest BCUT2D eigenvalue weighted by Crippen LogP contribution is -2.21. The molecule has 0 rings (SSSR count). The van der Waals surface area contributed by atoms with Crippen molar-refractivity contribution in [2.45, 2.75) is 27.2 Å². The zero-order valence-corrected chi connectivity index (χ0v) is 7.42. The van der Waals surface area contributed by atoms with Gasteiger partial charge in [0.15, 0.2) is 0 Å². The Bertz CT molecular complexity index is 161. The van der Waals surface area contributed by atoms with Gasteiger partial charge in [0.05, 0.1) is 5.92 Å². The molecule has 0 radical (unpaired) electrons. The molecular formula is C9H16O2. The summed E-state index contributed by atoms with van der Waals surface area (Å²) in [7, 11) is 0. The fourth-order valence-corrected chi connectivity index (χ4v) is 1.09. The van der Waals surface area contributed by atoms with Crippen molar-refractivity contribution in [2.75, 3.05) is 0 Å². The Labute approximate surface area is 67.9 Å². The smallest absolute Gasteiger partial charge is 0.307 e. The maximum Gasteiger partial charge on any atom is 0.307 e. The number of carboxylic acid groups (broad SMARTS) is 1. The van der Waals surface area contributed by atoms with Gasteiger partial charge in [-0.05, 0) is 19.3 Å². The summed E-state index contributed by atoms with van der Waals surface area (Å²) in [6.07, 6.45) is 0.670. The molecule has 0 bridgehead atoms. The Morgan fingerprint density at radius 3 is 2.18 bits per heavy atom. The number of rotatable bonds is 4. The minimum atomic E-state index is -0.719. The van der Waals surface area contributed by atoms with Crippen molar-refractivity contribution in [3.05, 3.63) is 12.2 Å². The van der Waals surface area contributed by atoms with Crippen LogP contribution in [0, 0.1) is 11.8 Å². The van der Waals surface area contributed by atoms with Crippen LogP contribution in [0.2, 0.25) is 0 Å². The highest BCUT2D eigenvalue weighted by Gasteiger charge is 2.22. The minimum Gasteiger partial charge on any atom is -0.481 e. The molecule has 0 aliphatic heterocycles. The average Bonchev–Trinajstić information content (AvgIpc) is 1.88. The maximum atomic E-state index is 10.6. The average molecular weight is 156 g/mol. The number of allylic oxidation sites excluding steroid dienone is 1. The Balaban J connectivity index is 4.25. The number of carboxylic acids is 1. The second kappa shape index (κ2) is 4.16. The SMILES string of the molecule is C=C(C)[C@H](C)[C@H](CC)C(=O)O. The molecule has 0 spiro atoms. The van der Waals surface area contributed by atoms with E-state index in [4.69, 9.17) is 5.11 Å². The normalized spacial score (nSPS) is 15.5. The molecular weight excluding hydrogens is 140 g/mol. The van der Waals surface area contributed by atoms with Crippen molar-refractivity contribution in [1.82, 2.24) is 0 Å². The zero-order chi connectivity index (χ0) is 9.02. The van der Waals surface area contributed by atoms with Crippen LogP contribution >= 0.6 is 0 Å². The first-order valence-electron chi connectivity index (χ1n) is 3.88. The van der Waals surface area contributed by atoms with Crippen molar-refractivity contribution in [1.29, 1.82) is 0 Å². The fraction of sp³-hybridized carbons (Fsp3) is 0.667. The van der Waals surface area contributed by atoms with E-state index in [0.717, 1.165) is 5.57 Å². The molecule has 1 N–H and O–H groups in total. The van der Waals surface area contributed by atoms with Gasteiger partial charge >= 0.3 is 5.97 Å². The molecule has 2 heteroatoms. The van der Waals surface area contributed by atoms with E-state index in [1.807, 2.05) is 20.8 Å². The van der Waals surface area contributed by atoms with Gasteiger partial charge in [0, 0.05) is 0 Å². The molecule has 0 aromatic carbocycles. The molecule has 0 amide bonds. The van der Waals surface area contributed by atoms with Crippen LogP contribution in [0.15, 0.2) is 12.2 Å². The van der Waals surface area contributed by atoms with Crippen molar-refractivity contribution in [3.8, 4) is 0 Å².